The number of hydrogen-bond donors (Lipinski definition) is 1. The van der Waals surface area contributed by atoms with Crippen LogP contribution in [-0.4, -0.2) is 11.1 Å². The van der Waals surface area contributed by atoms with E-state index in [0.717, 1.165) is 25.7 Å². The Labute approximate surface area is 92.1 Å². The lowest BCUT2D eigenvalue weighted by Gasteiger charge is -2.39. The Morgan fingerprint density at radius 3 is 2.20 bits per heavy atom. The maximum atomic E-state index is 11.3. The van der Waals surface area contributed by atoms with Gasteiger partial charge in [0.05, 0.1) is 5.41 Å². The summed E-state index contributed by atoms with van der Waals surface area (Å²) in [6.45, 7) is 6.19. The van der Waals surface area contributed by atoms with E-state index in [-0.39, 0.29) is 0 Å². The van der Waals surface area contributed by atoms with E-state index in [1.54, 1.807) is 6.92 Å². The van der Waals surface area contributed by atoms with Gasteiger partial charge in [0.1, 0.15) is 0 Å². The van der Waals surface area contributed by atoms with Crippen LogP contribution in [0.2, 0.25) is 0 Å². The fraction of sp³-hybridized carbons (Fsp3) is 0.769. The molecule has 0 bridgehead atoms. The van der Waals surface area contributed by atoms with Crippen LogP contribution >= 0.6 is 0 Å². The smallest absolute Gasteiger partial charge is 0.310 e. The lowest BCUT2D eigenvalue weighted by Crippen LogP contribution is -2.37. The molecule has 1 aliphatic rings. The lowest BCUT2D eigenvalue weighted by atomic mass is 9.64. The Kier molecular flexibility index (Phi) is 3.44. The Morgan fingerprint density at radius 2 is 1.80 bits per heavy atom. The normalized spacial score (nSPS) is 22.6. The van der Waals surface area contributed by atoms with Crippen molar-refractivity contribution in [1.29, 1.82) is 0 Å². The molecular formula is C13H20O2. The second-order valence-corrected chi connectivity index (χ2v) is 5.35. The monoisotopic (exact) mass is 208 g/mol. The molecule has 15 heavy (non-hydrogen) atoms. The Bertz CT molecular complexity index is 294. The number of rotatable bonds is 2. The lowest BCUT2D eigenvalue weighted by molar-refractivity contribution is -0.152. The molecule has 0 heterocycles. The summed E-state index contributed by atoms with van der Waals surface area (Å²) in [6, 6.07) is 0. The van der Waals surface area contributed by atoms with E-state index in [2.05, 4.69) is 25.7 Å². The van der Waals surface area contributed by atoms with Crippen LogP contribution in [0.25, 0.3) is 0 Å². The molecule has 1 saturated carbocycles. The van der Waals surface area contributed by atoms with Crippen molar-refractivity contribution in [1.82, 2.24) is 0 Å². The van der Waals surface area contributed by atoms with Gasteiger partial charge in [-0.05, 0) is 38.0 Å². The van der Waals surface area contributed by atoms with Gasteiger partial charge in [0.15, 0.2) is 0 Å². The van der Waals surface area contributed by atoms with Crippen LogP contribution in [0, 0.1) is 22.7 Å². The van der Waals surface area contributed by atoms with Gasteiger partial charge in [-0.2, -0.15) is 0 Å². The summed E-state index contributed by atoms with van der Waals surface area (Å²) in [7, 11) is 0. The molecule has 0 unspecified atom stereocenters. The molecule has 0 aromatic heterocycles. The largest absolute Gasteiger partial charge is 0.481 e. The average Bonchev–Trinajstić information content (AvgIpc) is 2.16. The van der Waals surface area contributed by atoms with E-state index in [0.29, 0.717) is 11.8 Å². The predicted octanol–water partition coefficient (Wildman–Crippen LogP) is 3.07. The second kappa shape index (κ2) is 4.26. The molecular weight excluding hydrogens is 188 g/mol. The Hall–Kier alpha value is -0.970. The van der Waals surface area contributed by atoms with Crippen LogP contribution in [0.3, 0.4) is 0 Å². The SMILES string of the molecule is CC#CCC1(C(=O)O)CCC(C)(C)CC1. The molecule has 1 N–H and O–H groups in total. The van der Waals surface area contributed by atoms with Crippen molar-refractivity contribution in [3.63, 3.8) is 0 Å². The van der Waals surface area contributed by atoms with Crippen molar-refractivity contribution in [2.24, 2.45) is 10.8 Å². The van der Waals surface area contributed by atoms with Gasteiger partial charge in [0.25, 0.3) is 0 Å². The third kappa shape index (κ3) is 2.75. The van der Waals surface area contributed by atoms with Gasteiger partial charge in [-0.1, -0.05) is 13.8 Å². The third-order valence-electron chi connectivity index (χ3n) is 3.62. The molecule has 0 spiro atoms. The average molecular weight is 208 g/mol. The van der Waals surface area contributed by atoms with Crippen LogP contribution in [0.5, 0.6) is 0 Å². The van der Waals surface area contributed by atoms with Gasteiger partial charge in [-0.25, -0.2) is 0 Å². The molecule has 0 aromatic rings. The number of aliphatic carboxylic acids is 1. The second-order valence-electron chi connectivity index (χ2n) is 5.35. The summed E-state index contributed by atoms with van der Waals surface area (Å²) in [4.78, 5) is 11.3. The van der Waals surface area contributed by atoms with E-state index in [1.807, 2.05) is 0 Å². The van der Waals surface area contributed by atoms with Crippen molar-refractivity contribution in [3.05, 3.63) is 0 Å². The van der Waals surface area contributed by atoms with Gasteiger partial charge >= 0.3 is 5.97 Å². The van der Waals surface area contributed by atoms with Gasteiger partial charge in [-0.15, -0.1) is 11.8 Å². The summed E-state index contributed by atoms with van der Waals surface area (Å²) in [5.74, 6) is 5.07. The summed E-state index contributed by atoms with van der Waals surface area (Å²) in [5.41, 5.74) is -0.267. The minimum atomic E-state index is -0.666. The third-order valence-corrected chi connectivity index (χ3v) is 3.62. The molecule has 0 radical (unpaired) electrons. The Balaban J connectivity index is 2.76. The number of hydrogen-bond acceptors (Lipinski definition) is 1. The van der Waals surface area contributed by atoms with Crippen LogP contribution < -0.4 is 0 Å². The van der Waals surface area contributed by atoms with Crippen molar-refractivity contribution in [2.45, 2.75) is 52.9 Å². The van der Waals surface area contributed by atoms with Crippen LogP contribution in [0.4, 0.5) is 0 Å². The fourth-order valence-corrected chi connectivity index (χ4v) is 2.13. The molecule has 0 aromatic carbocycles. The summed E-state index contributed by atoms with van der Waals surface area (Å²) >= 11 is 0. The van der Waals surface area contributed by atoms with Crippen molar-refractivity contribution in [3.8, 4) is 11.8 Å². The van der Waals surface area contributed by atoms with E-state index in [9.17, 15) is 9.90 Å². The predicted molar refractivity (Wildman–Crippen MR) is 60.4 cm³/mol. The summed E-state index contributed by atoms with van der Waals surface area (Å²) < 4.78 is 0. The molecule has 0 saturated heterocycles. The molecule has 1 aliphatic carbocycles. The van der Waals surface area contributed by atoms with Gasteiger partial charge in [-0.3, -0.25) is 4.79 Å². The van der Waals surface area contributed by atoms with Crippen molar-refractivity contribution in [2.75, 3.05) is 0 Å². The topological polar surface area (TPSA) is 37.3 Å². The zero-order chi connectivity index (χ0) is 11.5. The highest BCUT2D eigenvalue weighted by Crippen LogP contribution is 2.46. The highest BCUT2D eigenvalue weighted by atomic mass is 16.4. The molecule has 0 amide bonds. The molecule has 2 heteroatoms. The first kappa shape index (κ1) is 12.1. The Morgan fingerprint density at radius 1 is 1.27 bits per heavy atom. The van der Waals surface area contributed by atoms with Gasteiger partial charge < -0.3 is 5.11 Å². The van der Waals surface area contributed by atoms with Gasteiger partial charge in [0.2, 0.25) is 0 Å². The highest BCUT2D eigenvalue weighted by molar-refractivity contribution is 5.75. The zero-order valence-corrected chi connectivity index (χ0v) is 9.89. The van der Waals surface area contributed by atoms with E-state index >= 15 is 0 Å². The molecule has 0 aliphatic heterocycles. The standard InChI is InChI=1S/C13H20O2/c1-4-5-6-13(11(14)15)9-7-12(2,3)8-10-13/h6-10H2,1-3H3,(H,14,15). The van der Waals surface area contributed by atoms with Crippen LogP contribution in [0.1, 0.15) is 52.9 Å². The number of carbonyl (C=O) groups is 1. The maximum absolute atomic E-state index is 11.3. The molecule has 0 atom stereocenters. The fourth-order valence-electron chi connectivity index (χ4n) is 2.13. The molecule has 1 fully saturated rings. The summed E-state index contributed by atoms with van der Waals surface area (Å²) in [5, 5.41) is 9.32. The minimum Gasteiger partial charge on any atom is -0.481 e. The molecule has 84 valence electrons. The minimum absolute atomic E-state index is 0.304. The van der Waals surface area contributed by atoms with Crippen molar-refractivity contribution < 1.29 is 9.90 Å². The van der Waals surface area contributed by atoms with E-state index in [4.69, 9.17) is 0 Å². The number of carboxylic acid groups (broad SMARTS) is 1. The van der Waals surface area contributed by atoms with Crippen LogP contribution in [0.15, 0.2) is 0 Å². The molecule has 2 nitrogen and oxygen atoms in total. The van der Waals surface area contributed by atoms with E-state index in [1.165, 1.54) is 0 Å². The first-order valence-electron chi connectivity index (χ1n) is 5.55. The first-order chi connectivity index (χ1) is 6.92. The highest BCUT2D eigenvalue weighted by Gasteiger charge is 2.43. The number of carboxylic acids is 1. The first-order valence-corrected chi connectivity index (χ1v) is 5.55. The maximum Gasteiger partial charge on any atom is 0.310 e. The zero-order valence-electron chi connectivity index (χ0n) is 9.89. The van der Waals surface area contributed by atoms with Crippen LogP contribution in [-0.2, 0) is 4.79 Å². The summed E-state index contributed by atoms with van der Waals surface area (Å²) in [6.07, 6.45) is 4.03. The quantitative estimate of drug-likeness (QED) is 0.708. The molecule has 1 rings (SSSR count). The van der Waals surface area contributed by atoms with Gasteiger partial charge in [0, 0.05) is 6.42 Å². The van der Waals surface area contributed by atoms with E-state index < -0.39 is 11.4 Å². The van der Waals surface area contributed by atoms with Crippen molar-refractivity contribution >= 4 is 5.97 Å².